The highest BCUT2D eigenvalue weighted by molar-refractivity contribution is 7.05. The minimum atomic E-state index is -1.72. The summed E-state index contributed by atoms with van der Waals surface area (Å²) >= 11 is 0. The molecular formula is C57H52N2Si. The molecule has 0 amide bonds. The van der Waals surface area contributed by atoms with E-state index < -0.39 is 8.07 Å². The highest BCUT2D eigenvalue weighted by Crippen LogP contribution is 2.57. The lowest BCUT2D eigenvalue weighted by molar-refractivity contribution is 0.524. The van der Waals surface area contributed by atoms with E-state index in [2.05, 4.69) is 180 Å². The molecule has 0 atom stereocenters. The number of benzene rings is 6. The first-order valence-corrected chi connectivity index (χ1v) is 25.1. The van der Waals surface area contributed by atoms with Gasteiger partial charge < -0.3 is 9.80 Å². The molecular weight excluding hydrogens is 741 g/mol. The van der Waals surface area contributed by atoms with Crippen molar-refractivity contribution in [2.24, 2.45) is 0 Å². The van der Waals surface area contributed by atoms with Gasteiger partial charge in [-0.05, 0) is 141 Å². The lowest BCUT2D eigenvalue weighted by Crippen LogP contribution is -2.60. The average Bonchev–Trinajstić information content (AvgIpc) is 4.02. The third-order valence-electron chi connectivity index (χ3n) is 15.2. The maximum absolute atomic E-state index is 2.57. The predicted molar refractivity (Wildman–Crippen MR) is 257 cm³/mol. The molecule has 2 fully saturated rings. The lowest BCUT2D eigenvalue weighted by Gasteiger charge is -2.42. The van der Waals surface area contributed by atoms with Crippen LogP contribution in [0.2, 0.25) is 12.1 Å². The Morgan fingerprint density at radius 1 is 0.567 bits per heavy atom. The molecule has 6 aromatic rings. The molecule has 0 aromatic heterocycles. The number of fused-ring (bicyclic) bond motifs is 9. The maximum atomic E-state index is 2.57. The second-order valence-corrected chi connectivity index (χ2v) is 22.4. The van der Waals surface area contributed by atoms with Gasteiger partial charge in [0.15, 0.2) is 0 Å². The SMILES string of the molecule is C1=CC2=C(CC=C1N1CCCc3ccccc31)C1(CCCC1)c1cc(C=Cc3ccc(-c4ccc(N5c6ccccc6[Si]6(CCCC6)c6ccccc65)cc4)cc3)ccc12. The normalized spacial score (nSPS) is 19.3. The van der Waals surface area contributed by atoms with E-state index in [0.717, 1.165) is 13.0 Å². The van der Waals surface area contributed by atoms with Crippen molar-refractivity contribution in [3.05, 3.63) is 197 Å². The van der Waals surface area contributed by atoms with Crippen LogP contribution in [0.1, 0.15) is 79.2 Å². The van der Waals surface area contributed by atoms with E-state index in [1.54, 1.807) is 21.5 Å². The number of aryl methyl sites for hydroxylation is 1. The van der Waals surface area contributed by atoms with Crippen molar-refractivity contribution in [3.63, 3.8) is 0 Å². The molecule has 2 spiro atoms. The molecule has 2 nitrogen and oxygen atoms in total. The molecule has 3 heteroatoms. The van der Waals surface area contributed by atoms with E-state index >= 15 is 0 Å². The number of nitrogens with zero attached hydrogens (tertiary/aromatic N) is 2. The fourth-order valence-electron chi connectivity index (χ4n) is 12.4. The van der Waals surface area contributed by atoms with Crippen molar-refractivity contribution in [3.8, 4) is 11.1 Å². The van der Waals surface area contributed by atoms with Gasteiger partial charge >= 0.3 is 0 Å². The molecule has 6 aliphatic rings. The number of hydrogen-bond acceptors (Lipinski definition) is 2. The van der Waals surface area contributed by atoms with Gasteiger partial charge in [0.05, 0.1) is 0 Å². The van der Waals surface area contributed by atoms with Gasteiger partial charge in [-0.25, -0.2) is 0 Å². The summed E-state index contributed by atoms with van der Waals surface area (Å²) in [4.78, 5) is 5.09. The topological polar surface area (TPSA) is 6.48 Å². The number of allylic oxidation sites excluding steroid dienone is 5. The first-order chi connectivity index (χ1) is 29.7. The Morgan fingerprint density at radius 3 is 1.93 bits per heavy atom. The summed E-state index contributed by atoms with van der Waals surface area (Å²) in [5.74, 6) is 0. The average molecular weight is 793 g/mol. The summed E-state index contributed by atoms with van der Waals surface area (Å²) in [6.45, 7) is 1.09. The molecule has 6 aromatic carbocycles. The van der Waals surface area contributed by atoms with Crippen LogP contribution in [0.15, 0.2) is 169 Å². The molecule has 0 bridgehead atoms. The van der Waals surface area contributed by atoms with Crippen molar-refractivity contribution in [1.29, 1.82) is 0 Å². The van der Waals surface area contributed by atoms with Crippen LogP contribution in [0, 0.1) is 0 Å². The van der Waals surface area contributed by atoms with Crippen molar-refractivity contribution in [1.82, 2.24) is 0 Å². The molecule has 3 aliphatic heterocycles. The molecule has 0 unspecified atom stereocenters. The minimum Gasteiger partial charge on any atom is -0.342 e. The molecule has 0 N–H and O–H groups in total. The van der Waals surface area contributed by atoms with E-state index in [1.165, 1.54) is 131 Å². The molecule has 12 rings (SSSR count). The van der Waals surface area contributed by atoms with Crippen LogP contribution in [0.5, 0.6) is 0 Å². The van der Waals surface area contributed by atoms with Crippen LogP contribution in [-0.2, 0) is 11.8 Å². The van der Waals surface area contributed by atoms with E-state index in [-0.39, 0.29) is 5.41 Å². The number of rotatable bonds is 5. The summed E-state index contributed by atoms with van der Waals surface area (Å²) < 4.78 is 0. The van der Waals surface area contributed by atoms with Crippen LogP contribution in [-0.4, -0.2) is 14.6 Å². The first-order valence-electron chi connectivity index (χ1n) is 22.7. The third-order valence-corrected chi connectivity index (χ3v) is 20.5. The fraction of sp³-hybridized carbons (Fsp3) is 0.228. The van der Waals surface area contributed by atoms with E-state index in [1.807, 2.05) is 0 Å². The van der Waals surface area contributed by atoms with Crippen molar-refractivity contribution >= 4 is 58.9 Å². The summed E-state index contributed by atoms with van der Waals surface area (Å²) in [6.07, 6.45) is 23.3. The molecule has 1 saturated carbocycles. The minimum absolute atomic E-state index is 0.169. The van der Waals surface area contributed by atoms with Crippen molar-refractivity contribution in [2.45, 2.75) is 75.3 Å². The molecule has 294 valence electrons. The Labute approximate surface area is 356 Å². The van der Waals surface area contributed by atoms with Crippen LogP contribution < -0.4 is 20.2 Å². The first kappa shape index (κ1) is 36.0. The van der Waals surface area contributed by atoms with Gasteiger partial charge in [-0.3, -0.25) is 0 Å². The second kappa shape index (κ2) is 14.4. The molecule has 60 heavy (non-hydrogen) atoms. The number of hydrogen-bond donors (Lipinski definition) is 0. The Hall–Kier alpha value is -5.90. The maximum Gasteiger partial charge on any atom is 0.123 e. The zero-order valence-electron chi connectivity index (χ0n) is 34.5. The van der Waals surface area contributed by atoms with Gasteiger partial charge in [0.2, 0.25) is 0 Å². The molecule has 0 radical (unpaired) electrons. The second-order valence-electron chi connectivity index (χ2n) is 18.2. The van der Waals surface area contributed by atoms with Gasteiger partial charge in [-0.15, -0.1) is 0 Å². The van der Waals surface area contributed by atoms with Crippen LogP contribution in [0.3, 0.4) is 0 Å². The zero-order valence-corrected chi connectivity index (χ0v) is 35.5. The Kier molecular flexibility index (Phi) is 8.63. The molecule has 3 heterocycles. The predicted octanol–water partition coefficient (Wildman–Crippen LogP) is 13.5. The molecule has 3 aliphatic carbocycles. The standard InChI is InChI=1S/C57H52N2Si/c1-2-14-52-45(12-1)13-11-37-58(52)46-30-33-48-49-32-23-42(40-51(49)57(35-7-8-36-57)50(48)34-31-46)20-19-41-21-24-43(25-22-41)44-26-28-47(29-27-44)59-53-15-3-5-17-55(53)60(38-9-10-39-60)56-18-6-4-16-54(56)59/h1-6,12,14-33,40H,7-11,13,34-39H2. The fourth-order valence-corrected chi connectivity index (χ4v) is 17.9. The van der Waals surface area contributed by atoms with E-state index in [9.17, 15) is 0 Å². The van der Waals surface area contributed by atoms with E-state index in [4.69, 9.17) is 0 Å². The van der Waals surface area contributed by atoms with Crippen LogP contribution in [0.25, 0.3) is 28.9 Å². The van der Waals surface area contributed by atoms with Gasteiger partial charge in [-0.2, -0.15) is 0 Å². The van der Waals surface area contributed by atoms with Crippen molar-refractivity contribution < 1.29 is 0 Å². The van der Waals surface area contributed by atoms with Gasteiger partial charge in [0.1, 0.15) is 8.07 Å². The van der Waals surface area contributed by atoms with Gasteiger partial charge in [0.25, 0.3) is 0 Å². The highest BCUT2D eigenvalue weighted by atomic mass is 28.3. The third kappa shape index (κ3) is 5.65. The van der Waals surface area contributed by atoms with Gasteiger partial charge in [0, 0.05) is 40.4 Å². The smallest absolute Gasteiger partial charge is 0.123 e. The monoisotopic (exact) mass is 792 g/mol. The van der Waals surface area contributed by atoms with E-state index in [0.29, 0.717) is 0 Å². The summed E-state index contributed by atoms with van der Waals surface area (Å²) in [6, 6.07) is 56.0. The molecule has 1 saturated heterocycles. The summed E-state index contributed by atoms with van der Waals surface area (Å²) in [5, 5.41) is 3.25. The highest BCUT2D eigenvalue weighted by Gasteiger charge is 2.48. The van der Waals surface area contributed by atoms with Crippen LogP contribution in [0.4, 0.5) is 22.7 Å². The van der Waals surface area contributed by atoms with Gasteiger partial charge in [-0.1, -0.05) is 159 Å². The summed E-state index contributed by atoms with van der Waals surface area (Å²) in [5.41, 5.74) is 19.6. The Balaban J connectivity index is 0.783. The quantitative estimate of drug-likeness (QED) is 0.127. The number of para-hydroxylation sites is 3. The summed E-state index contributed by atoms with van der Waals surface area (Å²) in [7, 11) is -1.72. The lowest BCUT2D eigenvalue weighted by atomic mass is 9.74. The Morgan fingerprint density at radius 2 is 1.20 bits per heavy atom. The Bertz CT molecular complexity index is 2720. The largest absolute Gasteiger partial charge is 0.342 e. The number of anilines is 4. The van der Waals surface area contributed by atoms with Crippen molar-refractivity contribution in [2.75, 3.05) is 16.3 Å². The zero-order chi connectivity index (χ0) is 39.7. The van der Waals surface area contributed by atoms with Crippen LogP contribution >= 0.6 is 0 Å².